The summed E-state index contributed by atoms with van der Waals surface area (Å²) in [7, 11) is 0. The molecule has 3 aromatic rings. The van der Waals surface area contributed by atoms with Crippen LogP contribution in [0.15, 0.2) is 30.7 Å². The number of aromatic nitrogens is 3. The fourth-order valence-electron chi connectivity index (χ4n) is 4.34. The number of halogens is 2. The number of carbonyl (C=O) groups is 2. The molecular formula is C24H26ClFN6O4. The Morgan fingerprint density at radius 3 is 2.78 bits per heavy atom. The number of ether oxygens (including phenoxy) is 1. The van der Waals surface area contributed by atoms with Crippen molar-refractivity contribution in [3.8, 4) is 0 Å². The number of fused-ring (bicyclic) bond motifs is 2. The Balaban J connectivity index is 1.47. The molecule has 1 atom stereocenters. The van der Waals surface area contributed by atoms with E-state index >= 15 is 0 Å². The van der Waals surface area contributed by atoms with E-state index in [1.54, 1.807) is 18.3 Å². The molecule has 1 unspecified atom stereocenters. The molecule has 2 aliphatic rings. The second kappa shape index (κ2) is 9.30. The molecule has 2 amide bonds. The van der Waals surface area contributed by atoms with Crippen LogP contribution in [0.1, 0.15) is 40.1 Å². The Kier molecular flexibility index (Phi) is 6.31. The van der Waals surface area contributed by atoms with Crippen molar-refractivity contribution in [2.24, 2.45) is 0 Å². The van der Waals surface area contributed by atoms with Crippen LogP contribution < -0.4 is 10.2 Å². The third-order valence-corrected chi connectivity index (χ3v) is 6.61. The predicted octanol–water partition coefficient (Wildman–Crippen LogP) is 2.54. The summed E-state index contributed by atoms with van der Waals surface area (Å²) < 4.78 is 21.4. The average molecular weight is 517 g/mol. The number of morpholine rings is 1. The number of carbonyl (C=O) groups excluding carboxylic acids is 2. The summed E-state index contributed by atoms with van der Waals surface area (Å²) in [6.07, 6.45) is 2.81. The first-order valence-corrected chi connectivity index (χ1v) is 11.9. The van der Waals surface area contributed by atoms with E-state index in [4.69, 9.17) is 16.3 Å². The maximum absolute atomic E-state index is 14.5. The van der Waals surface area contributed by atoms with E-state index in [0.717, 1.165) is 0 Å². The van der Waals surface area contributed by atoms with Crippen LogP contribution in [0.5, 0.6) is 0 Å². The van der Waals surface area contributed by atoms with E-state index < -0.39 is 17.7 Å². The lowest BCUT2D eigenvalue weighted by molar-refractivity contribution is -0.0159. The van der Waals surface area contributed by atoms with Gasteiger partial charge in [0.25, 0.3) is 11.8 Å². The van der Waals surface area contributed by atoms with E-state index in [-0.39, 0.29) is 24.6 Å². The van der Waals surface area contributed by atoms with Crippen LogP contribution in [0.4, 0.5) is 15.8 Å². The van der Waals surface area contributed by atoms with Crippen LogP contribution in [0.2, 0.25) is 5.02 Å². The Labute approximate surface area is 211 Å². The molecule has 190 valence electrons. The maximum atomic E-state index is 14.5. The lowest BCUT2D eigenvalue weighted by Crippen LogP contribution is -2.42. The maximum Gasteiger partial charge on any atom is 0.261 e. The van der Waals surface area contributed by atoms with Gasteiger partial charge in [-0.1, -0.05) is 11.6 Å². The van der Waals surface area contributed by atoms with E-state index in [1.165, 1.54) is 35.7 Å². The summed E-state index contributed by atoms with van der Waals surface area (Å²) in [6, 6.07) is 3.49. The van der Waals surface area contributed by atoms with E-state index in [9.17, 15) is 19.1 Å². The van der Waals surface area contributed by atoms with Gasteiger partial charge in [-0.25, -0.2) is 13.9 Å². The third kappa shape index (κ3) is 4.61. The van der Waals surface area contributed by atoms with Crippen molar-refractivity contribution in [2.75, 3.05) is 43.1 Å². The second-order valence-corrected chi connectivity index (χ2v) is 9.92. The molecule has 0 aliphatic carbocycles. The first-order valence-electron chi connectivity index (χ1n) is 11.6. The highest BCUT2D eigenvalue weighted by Gasteiger charge is 2.35. The van der Waals surface area contributed by atoms with Gasteiger partial charge in [-0.3, -0.25) is 9.59 Å². The normalized spacial score (nSPS) is 17.0. The molecule has 5 rings (SSSR count). The SMILES string of the molecule is CC(C)(O)C(F)CN1Cc2cc(NC(=O)c3cnn4cc(Cl)cnc34)c(N3CCOCC3)cc2C1=O. The van der Waals surface area contributed by atoms with Crippen LogP contribution in [-0.2, 0) is 11.3 Å². The van der Waals surface area contributed by atoms with Gasteiger partial charge in [-0.05, 0) is 31.5 Å². The smallest absolute Gasteiger partial charge is 0.261 e. The molecule has 1 aromatic carbocycles. The largest absolute Gasteiger partial charge is 0.387 e. The van der Waals surface area contributed by atoms with E-state index in [0.29, 0.717) is 59.5 Å². The lowest BCUT2D eigenvalue weighted by Gasteiger charge is -2.31. The average Bonchev–Trinajstić information content (AvgIpc) is 3.39. The summed E-state index contributed by atoms with van der Waals surface area (Å²) in [6.45, 7) is 4.88. The Hall–Kier alpha value is -3.28. The first-order chi connectivity index (χ1) is 17.1. The second-order valence-electron chi connectivity index (χ2n) is 9.49. The summed E-state index contributed by atoms with van der Waals surface area (Å²) in [5.41, 5.74) is 1.36. The van der Waals surface area contributed by atoms with Gasteiger partial charge in [0.1, 0.15) is 11.7 Å². The van der Waals surface area contributed by atoms with Crippen molar-refractivity contribution in [1.82, 2.24) is 19.5 Å². The predicted molar refractivity (Wildman–Crippen MR) is 131 cm³/mol. The minimum Gasteiger partial charge on any atom is -0.387 e. The highest BCUT2D eigenvalue weighted by atomic mass is 35.5. The molecule has 1 fully saturated rings. The molecule has 36 heavy (non-hydrogen) atoms. The Morgan fingerprint density at radius 1 is 1.31 bits per heavy atom. The number of nitrogens with one attached hydrogen (secondary N) is 1. The molecule has 1 saturated heterocycles. The third-order valence-electron chi connectivity index (χ3n) is 6.42. The summed E-state index contributed by atoms with van der Waals surface area (Å²) in [5.74, 6) is -0.727. The molecular weight excluding hydrogens is 491 g/mol. The minimum atomic E-state index is -1.61. The van der Waals surface area contributed by atoms with Gasteiger partial charge in [-0.15, -0.1) is 0 Å². The molecule has 0 radical (unpaired) electrons. The number of nitrogens with zero attached hydrogens (tertiary/aromatic N) is 5. The molecule has 2 aliphatic heterocycles. The molecule has 0 spiro atoms. The van der Waals surface area contributed by atoms with Gasteiger partial charge >= 0.3 is 0 Å². The number of hydrogen-bond donors (Lipinski definition) is 2. The number of hydrogen-bond acceptors (Lipinski definition) is 7. The highest BCUT2D eigenvalue weighted by molar-refractivity contribution is 6.30. The fourth-order valence-corrected chi connectivity index (χ4v) is 4.48. The van der Waals surface area contributed by atoms with E-state index in [2.05, 4.69) is 15.4 Å². The number of anilines is 2. The molecule has 0 saturated carbocycles. The molecule has 2 aromatic heterocycles. The molecule has 0 bridgehead atoms. The first kappa shape index (κ1) is 24.4. The quantitative estimate of drug-likeness (QED) is 0.517. The summed E-state index contributed by atoms with van der Waals surface area (Å²) >= 11 is 5.97. The van der Waals surface area contributed by atoms with Crippen molar-refractivity contribution < 1.29 is 23.8 Å². The van der Waals surface area contributed by atoms with Crippen molar-refractivity contribution >= 4 is 40.4 Å². The number of rotatable bonds is 6. The number of benzene rings is 1. The van der Waals surface area contributed by atoms with Gasteiger partial charge in [0.05, 0.1) is 54.2 Å². The van der Waals surface area contributed by atoms with Crippen molar-refractivity contribution in [3.63, 3.8) is 0 Å². The van der Waals surface area contributed by atoms with Gasteiger partial charge in [0.2, 0.25) is 0 Å². The highest BCUT2D eigenvalue weighted by Crippen LogP contribution is 2.36. The van der Waals surface area contributed by atoms with E-state index in [1.807, 2.05) is 4.90 Å². The summed E-state index contributed by atoms with van der Waals surface area (Å²) in [4.78, 5) is 34.0. The van der Waals surface area contributed by atoms with Crippen LogP contribution in [0.3, 0.4) is 0 Å². The molecule has 12 heteroatoms. The topological polar surface area (TPSA) is 112 Å². The van der Waals surface area contributed by atoms with Gasteiger partial charge < -0.3 is 25.0 Å². The zero-order valence-electron chi connectivity index (χ0n) is 19.9. The van der Waals surface area contributed by atoms with Gasteiger partial charge in [0.15, 0.2) is 5.65 Å². The van der Waals surface area contributed by atoms with Crippen molar-refractivity contribution in [1.29, 1.82) is 0 Å². The van der Waals surface area contributed by atoms with Crippen LogP contribution in [0.25, 0.3) is 5.65 Å². The zero-order valence-corrected chi connectivity index (χ0v) is 20.6. The fraction of sp³-hybridized carbons (Fsp3) is 0.417. The van der Waals surface area contributed by atoms with Crippen LogP contribution in [0, 0.1) is 0 Å². The number of amides is 2. The number of aliphatic hydroxyl groups is 1. The summed E-state index contributed by atoms with van der Waals surface area (Å²) in [5, 5.41) is 17.5. The standard InChI is InChI=1S/C24H26ClFN6O4/c1-24(2,35)20(26)13-31-11-14-7-18(19(8-16(14)23(31)34)30-3-5-36-6-4-30)29-22(33)17-10-28-32-12-15(25)9-27-21(17)32/h7-10,12,20,35H,3-6,11,13H2,1-2H3,(H,29,33). The molecule has 4 heterocycles. The van der Waals surface area contributed by atoms with Gasteiger partial charge in [-0.2, -0.15) is 5.10 Å². The lowest BCUT2D eigenvalue weighted by atomic mass is 10.0. The minimum absolute atomic E-state index is 0.174. The monoisotopic (exact) mass is 516 g/mol. The molecule has 2 N–H and O–H groups in total. The van der Waals surface area contributed by atoms with Crippen molar-refractivity contribution in [3.05, 3.63) is 52.4 Å². The molecule has 10 nitrogen and oxygen atoms in total. The van der Waals surface area contributed by atoms with Crippen molar-refractivity contribution in [2.45, 2.75) is 32.2 Å². The Bertz CT molecular complexity index is 1330. The Morgan fingerprint density at radius 2 is 2.06 bits per heavy atom. The van der Waals surface area contributed by atoms with Gasteiger partial charge in [0, 0.05) is 31.4 Å². The van der Waals surface area contributed by atoms with Crippen LogP contribution in [-0.4, -0.2) is 81.0 Å². The zero-order chi connectivity index (χ0) is 25.6. The number of alkyl halides is 1. The van der Waals surface area contributed by atoms with Crippen LogP contribution >= 0.6 is 11.6 Å².